The molecule has 1 amide bonds. The molecule has 0 radical (unpaired) electrons. The van der Waals surface area contributed by atoms with Crippen molar-refractivity contribution in [2.24, 2.45) is 5.92 Å². The van der Waals surface area contributed by atoms with Gasteiger partial charge in [0.05, 0.1) is 12.2 Å². The van der Waals surface area contributed by atoms with Crippen molar-refractivity contribution in [2.45, 2.75) is 32.4 Å². The molecule has 1 aromatic heterocycles. The van der Waals surface area contributed by atoms with Crippen molar-refractivity contribution in [3.8, 4) is 0 Å². The van der Waals surface area contributed by atoms with E-state index in [2.05, 4.69) is 15.2 Å². The van der Waals surface area contributed by atoms with Gasteiger partial charge in [-0.25, -0.2) is 9.37 Å². The number of carbonyl (C=O) groups excluding carboxylic acids is 1. The van der Waals surface area contributed by atoms with Gasteiger partial charge in [0.25, 0.3) is 0 Å². The van der Waals surface area contributed by atoms with Crippen molar-refractivity contribution in [3.63, 3.8) is 0 Å². The number of halogens is 2. The first-order valence-electron chi connectivity index (χ1n) is 9.02. The van der Waals surface area contributed by atoms with Gasteiger partial charge in [-0.05, 0) is 37.9 Å². The summed E-state index contributed by atoms with van der Waals surface area (Å²) in [6.45, 7) is 3.42. The lowest BCUT2D eigenvalue weighted by Crippen LogP contribution is -2.43. The van der Waals surface area contributed by atoms with E-state index in [1.54, 1.807) is 24.7 Å². The third-order valence-electron chi connectivity index (χ3n) is 4.77. The normalized spacial score (nSPS) is 18.0. The van der Waals surface area contributed by atoms with Gasteiger partial charge in [-0.3, -0.25) is 9.69 Å². The molecule has 1 unspecified atom stereocenters. The number of likely N-dealkylation sites (tertiary alicyclic amines) is 1. The Labute approximate surface area is 158 Å². The Morgan fingerprint density at radius 2 is 2.31 bits per heavy atom. The lowest BCUT2D eigenvalue weighted by atomic mass is 9.96. The minimum Gasteiger partial charge on any atom is -0.356 e. The van der Waals surface area contributed by atoms with Crippen molar-refractivity contribution in [2.75, 3.05) is 19.6 Å². The Kier molecular flexibility index (Phi) is 6.63. The molecule has 3 rings (SSSR count). The van der Waals surface area contributed by atoms with Crippen molar-refractivity contribution in [3.05, 3.63) is 53.3 Å². The molecule has 2 heterocycles. The molecule has 0 spiro atoms. The van der Waals surface area contributed by atoms with Crippen molar-refractivity contribution in [1.29, 1.82) is 0 Å². The molecule has 5 nitrogen and oxygen atoms in total. The summed E-state index contributed by atoms with van der Waals surface area (Å²) in [5.74, 6) is -0.258. The van der Waals surface area contributed by atoms with Gasteiger partial charge < -0.3 is 9.88 Å². The number of imidazole rings is 1. The fraction of sp³-hybridized carbons (Fsp3) is 0.474. The molecule has 0 aliphatic carbocycles. The lowest BCUT2D eigenvalue weighted by molar-refractivity contribution is -0.126. The number of hydrogen-bond acceptors (Lipinski definition) is 3. The number of piperidine rings is 1. The number of aromatic nitrogens is 2. The van der Waals surface area contributed by atoms with Crippen molar-refractivity contribution >= 4 is 17.5 Å². The summed E-state index contributed by atoms with van der Waals surface area (Å²) >= 11 is 6.12. The van der Waals surface area contributed by atoms with Crippen LogP contribution in [0, 0.1) is 11.7 Å². The highest BCUT2D eigenvalue weighted by molar-refractivity contribution is 6.31. The minimum atomic E-state index is -0.288. The maximum atomic E-state index is 14.0. The molecular weight excluding hydrogens is 355 g/mol. The number of carbonyl (C=O) groups is 1. The van der Waals surface area contributed by atoms with Crippen LogP contribution >= 0.6 is 11.6 Å². The third-order valence-corrected chi connectivity index (χ3v) is 5.13. The highest BCUT2D eigenvalue weighted by atomic mass is 35.5. The number of benzene rings is 1. The zero-order valence-corrected chi connectivity index (χ0v) is 15.5. The molecule has 1 aliphatic rings. The van der Waals surface area contributed by atoms with Gasteiger partial charge in [-0.1, -0.05) is 17.7 Å². The minimum absolute atomic E-state index is 0.0532. The van der Waals surface area contributed by atoms with Gasteiger partial charge in [0.1, 0.15) is 5.82 Å². The topological polar surface area (TPSA) is 50.2 Å². The average molecular weight is 379 g/mol. The van der Waals surface area contributed by atoms with E-state index in [1.807, 2.05) is 10.8 Å². The molecule has 0 bridgehead atoms. The Morgan fingerprint density at radius 3 is 3.08 bits per heavy atom. The molecule has 1 aromatic carbocycles. The molecule has 7 heteroatoms. The van der Waals surface area contributed by atoms with E-state index >= 15 is 0 Å². The second kappa shape index (κ2) is 9.14. The molecule has 1 N–H and O–H groups in total. The largest absolute Gasteiger partial charge is 0.356 e. The molecule has 1 aliphatic heterocycles. The Hall–Kier alpha value is -1.92. The number of aryl methyl sites for hydroxylation is 1. The molecule has 1 fully saturated rings. The highest BCUT2D eigenvalue weighted by Gasteiger charge is 2.26. The van der Waals surface area contributed by atoms with Crippen LogP contribution in [-0.2, 0) is 17.9 Å². The van der Waals surface area contributed by atoms with Crippen LogP contribution in [0.2, 0.25) is 5.02 Å². The smallest absolute Gasteiger partial charge is 0.224 e. The zero-order chi connectivity index (χ0) is 18.4. The van der Waals surface area contributed by atoms with E-state index in [0.717, 1.165) is 32.4 Å². The zero-order valence-electron chi connectivity index (χ0n) is 14.7. The highest BCUT2D eigenvalue weighted by Crippen LogP contribution is 2.24. The standard InChI is InChI=1S/C19H24ClFN4O/c20-17-5-1-6-18(21)16(17)13-25-9-2-4-15(12-25)19(26)23-7-3-10-24-11-8-22-14-24/h1,5-6,8,11,14-15H,2-4,7,9-10,12-13H2,(H,23,26). The number of amides is 1. The summed E-state index contributed by atoms with van der Waals surface area (Å²) in [5, 5.41) is 3.46. The molecule has 140 valence electrons. The van der Waals surface area contributed by atoms with Gasteiger partial charge >= 0.3 is 0 Å². The van der Waals surface area contributed by atoms with E-state index in [0.29, 0.717) is 30.2 Å². The van der Waals surface area contributed by atoms with E-state index in [1.165, 1.54) is 6.07 Å². The summed E-state index contributed by atoms with van der Waals surface area (Å²) in [5.41, 5.74) is 0.510. The Bertz CT molecular complexity index is 702. The first-order valence-corrected chi connectivity index (χ1v) is 9.40. The van der Waals surface area contributed by atoms with E-state index < -0.39 is 0 Å². The first-order chi connectivity index (χ1) is 12.6. The molecule has 26 heavy (non-hydrogen) atoms. The summed E-state index contributed by atoms with van der Waals surface area (Å²) < 4.78 is 16.0. The third kappa shape index (κ3) is 5.05. The van der Waals surface area contributed by atoms with Crippen LogP contribution < -0.4 is 5.32 Å². The fourth-order valence-corrected chi connectivity index (χ4v) is 3.58. The van der Waals surface area contributed by atoms with E-state index in [-0.39, 0.29) is 17.6 Å². The summed E-state index contributed by atoms with van der Waals surface area (Å²) in [6, 6.07) is 4.74. The number of nitrogens with zero attached hydrogens (tertiary/aromatic N) is 3. The molecule has 1 saturated heterocycles. The monoisotopic (exact) mass is 378 g/mol. The number of nitrogens with one attached hydrogen (secondary N) is 1. The number of hydrogen-bond donors (Lipinski definition) is 1. The number of rotatable bonds is 7. The van der Waals surface area contributed by atoms with Crippen LogP contribution in [0.1, 0.15) is 24.8 Å². The van der Waals surface area contributed by atoms with Crippen LogP contribution in [0.3, 0.4) is 0 Å². The van der Waals surface area contributed by atoms with Gasteiger partial charge in [-0.2, -0.15) is 0 Å². The average Bonchev–Trinajstić information content (AvgIpc) is 3.15. The Morgan fingerprint density at radius 1 is 1.42 bits per heavy atom. The summed E-state index contributed by atoms with van der Waals surface area (Å²) in [6.07, 6.45) is 8.10. The summed E-state index contributed by atoms with van der Waals surface area (Å²) in [4.78, 5) is 18.5. The molecular formula is C19H24ClFN4O. The van der Waals surface area contributed by atoms with Crippen LogP contribution in [0.4, 0.5) is 4.39 Å². The maximum Gasteiger partial charge on any atom is 0.224 e. The molecule has 2 aromatic rings. The van der Waals surface area contributed by atoms with Gasteiger partial charge in [0.15, 0.2) is 0 Å². The lowest BCUT2D eigenvalue weighted by Gasteiger charge is -2.32. The van der Waals surface area contributed by atoms with Crippen LogP contribution in [0.25, 0.3) is 0 Å². The van der Waals surface area contributed by atoms with Gasteiger partial charge in [-0.15, -0.1) is 0 Å². The molecule has 0 saturated carbocycles. The van der Waals surface area contributed by atoms with Crippen LogP contribution in [-0.4, -0.2) is 40.0 Å². The maximum absolute atomic E-state index is 14.0. The second-order valence-electron chi connectivity index (χ2n) is 6.72. The fourth-order valence-electron chi connectivity index (χ4n) is 3.36. The van der Waals surface area contributed by atoms with Crippen molar-refractivity contribution in [1.82, 2.24) is 19.8 Å². The quantitative estimate of drug-likeness (QED) is 0.753. The SMILES string of the molecule is O=C(NCCCn1ccnc1)C1CCCN(Cc2c(F)cccc2Cl)C1. The van der Waals surface area contributed by atoms with Crippen molar-refractivity contribution < 1.29 is 9.18 Å². The van der Waals surface area contributed by atoms with E-state index in [4.69, 9.17) is 11.6 Å². The predicted molar refractivity (Wildman–Crippen MR) is 99.3 cm³/mol. The van der Waals surface area contributed by atoms with Gasteiger partial charge in [0.2, 0.25) is 5.91 Å². The summed E-state index contributed by atoms with van der Waals surface area (Å²) in [7, 11) is 0. The van der Waals surface area contributed by atoms with Crippen LogP contribution in [0.15, 0.2) is 36.9 Å². The second-order valence-corrected chi connectivity index (χ2v) is 7.13. The van der Waals surface area contributed by atoms with E-state index in [9.17, 15) is 9.18 Å². The molecule has 1 atom stereocenters. The van der Waals surface area contributed by atoms with Crippen LogP contribution in [0.5, 0.6) is 0 Å². The Balaban J connectivity index is 1.46. The van der Waals surface area contributed by atoms with Gasteiger partial charge in [0, 0.05) is 49.2 Å². The predicted octanol–water partition coefficient (Wildman–Crippen LogP) is 3.09. The first kappa shape index (κ1) is 18.9.